The summed E-state index contributed by atoms with van der Waals surface area (Å²) in [4.78, 5) is 23.0. The van der Waals surface area contributed by atoms with Gasteiger partial charge in [-0.15, -0.1) is 0 Å². The number of carbonyl (C=O) groups is 2. The Morgan fingerprint density at radius 3 is 2.26 bits per heavy atom. The highest BCUT2D eigenvalue weighted by Gasteiger charge is 2.26. The van der Waals surface area contributed by atoms with Gasteiger partial charge in [0, 0.05) is 24.8 Å². The van der Waals surface area contributed by atoms with Crippen LogP contribution < -0.4 is 0 Å². The predicted molar refractivity (Wildman–Crippen MR) is 71.6 cm³/mol. The minimum atomic E-state index is 0.0567. The van der Waals surface area contributed by atoms with Crippen molar-refractivity contribution in [1.29, 1.82) is 0 Å². The number of benzene rings is 1. The first-order valence-electron chi connectivity index (χ1n) is 6.69. The summed E-state index contributed by atoms with van der Waals surface area (Å²) in [5, 5.41) is 0. The topological polar surface area (TPSA) is 43.4 Å². The van der Waals surface area contributed by atoms with E-state index in [2.05, 4.69) is 6.08 Å². The Morgan fingerprint density at radius 2 is 1.68 bits per heavy atom. The first-order chi connectivity index (χ1) is 9.22. The van der Waals surface area contributed by atoms with E-state index in [1.165, 1.54) is 0 Å². The molecule has 1 fully saturated rings. The molecule has 0 bridgehead atoms. The molecule has 1 aromatic rings. The molecule has 0 unspecified atom stereocenters. The van der Waals surface area contributed by atoms with Gasteiger partial charge in [0.2, 0.25) is 0 Å². The molecule has 98 valence electrons. The standard InChI is InChI=1S/C16H16O3/c17-14-8-13(9-15(18)10-14)11-3-5-12(6-4-11)16-2-1-7-19-16/h2-6,13H,1,7-10H2. The zero-order chi connectivity index (χ0) is 13.2. The molecular weight excluding hydrogens is 240 g/mol. The molecule has 3 rings (SSSR count). The lowest BCUT2D eigenvalue weighted by atomic mass is 9.82. The summed E-state index contributed by atoms with van der Waals surface area (Å²) in [6, 6.07) is 8.04. The lowest BCUT2D eigenvalue weighted by Gasteiger charge is -2.20. The minimum absolute atomic E-state index is 0.0567. The van der Waals surface area contributed by atoms with Crippen LogP contribution in [0.15, 0.2) is 30.3 Å². The molecule has 1 aliphatic carbocycles. The molecule has 0 saturated heterocycles. The normalized spacial score (nSPS) is 20.3. The molecule has 0 atom stereocenters. The number of hydrogen-bond donors (Lipinski definition) is 0. The van der Waals surface area contributed by atoms with Gasteiger partial charge in [-0.05, 0) is 17.6 Å². The van der Waals surface area contributed by atoms with Crippen molar-refractivity contribution in [2.45, 2.75) is 31.6 Å². The van der Waals surface area contributed by atoms with Gasteiger partial charge in [-0.1, -0.05) is 24.3 Å². The van der Waals surface area contributed by atoms with E-state index in [0.29, 0.717) is 12.8 Å². The molecule has 2 aliphatic rings. The molecule has 1 aromatic carbocycles. The van der Waals surface area contributed by atoms with E-state index in [1.54, 1.807) is 0 Å². The van der Waals surface area contributed by atoms with E-state index in [4.69, 9.17) is 4.74 Å². The third kappa shape index (κ3) is 2.60. The van der Waals surface area contributed by atoms with E-state index < -0.39 is 0 Å². The molecule has 1 heterocycles. The van der Waals surface area contributed by atoms with Crippen LogP contribution in [0.5, 0.6) is 0 Å². The average molecular weight is 256 g/mol. The molecule has 0 spiro atoms. The summed E-state index contributed by atoms with van der Waals surface area (Å²) in [5.74, 6) is 1.11. The van der Waals surface area contributed by atoms with Crippen molar-refractivity contribution in [3.8, 4) is 0 Å². The molecule has 1 aliphatic heterocycles. The van der Waals surface area contributed by atoms with Crippen LogP contribution in [0, 0.1) is 0 Å². The van der Waals surface area contributed by atoms with E-state index >= 15 is 0 Å². The third-order valence-electron chi connectivity index (χ3n) is 3.71. The van der Waals surface area contributed by atoms with Gasteiger partial charge in [0.25, 0.3) is 0 Å². The largest absolute Gasteiger partial charge is 0.493 e. The second-order valence-corrected chi connectivity index (χ2v) is 5.19. The van der Waals surface area contributed by atoms with Crippen LogP contribution >= 0.6 is 0 Å². The van der Waals surface area contributed by atoms with E-state index in [0.717, 1.165) is 29.9 Å². The Balaban J connectivity index is 1.78. The van der Waals surface area contributed by atoms with Gasteiger partial charge in [0.15, 0.2) is 0 Å². The Kier molecular flexibility index (Phi) is 3.20. The van der Waals surface area contributed by atoms with Gasteiger partial charge < -0.3 is 4.74 Å². The van der Waals surface area contributed by atoms with Crippen molar-refractivity contribution < 1.29 is 14.3 Å². The van der Waals surface area contributed by atoms with Crippen LogP contribution in [-0.2, 0) is 14.3 Å². The summed E-state index contributed by atoms with van der Waals surface area (Å²) < 4.78 is 5.51. The molecule has 0 radical (unpaired) electrons. The predicted octanol–water partition coefficient (Wildman–Crippen LogP) is 2.85. The van der Waals surface area contributed by atoms with E-state index in [9.17, 15) is 9.59 Å². The minimum Gasteiger partial charge on any atom is -0.493 e. The fraction of sp³-hybridized carbons (Fsp3) is 0.375. The number of ether oxygens (including phenoxy) is 1. The monoisotopic (exact) mass is 256 g/mol. The van der Waals surface area contributed by atoms with Crippen LogP contribution in [0.3, 0.4) is 0 Å². The van der Waals surface area contributed by atoms with Gasteiger partial charge in [0.1, 0.15) is 17.3 Å². The van der Waals surface area contributed by atoms with Crippen molar-refractivity contribution in [3.05, 3.63) is 41.5 Å². The molecule has 3 nitrogen and oxygen atoms in total. The summed E-state index contributed by atoms with van der Waals surface area (Å²) >= 11 is 0. The number of rotatable bonds is 2. The first kappa shape index (κ1) is 12.2. The number of Topliss-reactive ketones (excluding diaryl/α,β-unsaturated/α-hetero) is 2. The van der Waals surface area contributed by atoms with E-state index in [1.807, 2.05) is 24.3 Å². The van der Waals surface area contributed by atoms with Gasteiger partial charge in [-0.2, -0.15) is 0 Å². The molecule has 0 N–H and O–H groups in total. The number of hydrogen-bond acceptors (Lipinski definition) is 3. The van der Waals surface area contributed by atoms with Crippen molar-refractivity contribution in [3.63, 3.8) is 0 Å². The Labute approximate surface area is 112 Å². The van der Waals surface area contributed by atoms with Crippen LogP contribution in [0.2, 0.25) is 0 Å². The van der Waals surface area contributed by atoms with Crippen LogP contribution in [0.25, 0.3) is 5.76 Å². The quantitative estimate of drug-likeness (QED) is 0.764. The van der Waals surface area contributed by atoms with Gasteiger partial charge in [-0.25, -0.2) is 0 Å². The van der Waals surface area contributed by atoms with Gasteiger partial charge >= 0.3 is 0 Å². The lowest BCUT2D eigenvalue weighted by molar-refractivity contribution is -0.130. The zero-order valence-electron chi connectivity index (χ0n) is 10.7. The maximum atomic E-state index is 11.5. The zero-order valence-corrected chi connectivity index (χ0v) is 10.7. The molecule has 0 amide bonds. The second-order valence-electron chi connectivity index (χ2n) is 5.19. The first-order valence-corrected chi connectivity index (χ1v) is 6.69. The highest BCUT2D eigenvalue weighted by atomic mass is 16.5. The molecule has 0 aromatic heterocycles. The van der Waals surface area contributed by atoms with Crippen molar-refractivity contribution in [2.24, 2.45) is 0 Å². The highest BCUT2D eigenvalue weighted by molar-refractivity contribution is 6.02. The van der Waals surface area contributed by atoms with Crippen LogP contribution in [0.1, 0.15) is 42.7 Å². The fourth-order valence-corrected chi connectivity index (χ4v) is 2.76. The number of ketones is 2. The second kappa shape index (κ2) is 5.00. The summed E-state index contributed by atoms with van der Waals surface area (Å²) in [6.07, 6.45) is 4.15. The number of carbonyl (C=O) groups excluding carboxylic acids is 2. The summed E-state index contributed by atoms with van der Waals surface area (Å²) in [6.45, 7) is 0.753. The summed E-state index contributed by atoms with van der Waals surface area (Å²) in [7, 11) is 0. The van der Waals surface area contributed by atoms with E-state index in [-0.39, 0.29) is 23.9 Å². The fourth-order valence-electron chi connectivity index (χ4n) is 2.76. The third-order valence-corrected chi connectivity index (χ3v) is 3.71. The van der Waals surface area contributed by atoms with Gasteiger partial charge in [0.05, 0.1) is 13.0 Å². The average Bonchev–Trinajstić information content (AvgIpc) is 2.91. The van der Waals surface area contributed by atoms with Crippen molar-refractivity contribution in [2.75, 3.05) is 6.61 Å². The Bertz CT molecular complexity index is 524. The molecule has 19 heavy (non-hydrogen) atoms. The van der Waals surface area contributed by atoms with Crippen molar-refractivity contribution >= 4 is 17.3 Å². The lowest BCUT2D eigenvalue weighted by Crippen LogP contribution is -2.21. The van der Waals surface area contributed by atoms with Gasteiger partial charge in [-0.3, -0.25) is 9.59 Å². The molecular formula is C16H16O3. The Morgan fingerprint density at radius 1 is 1.00 bits per heavy atom. The van der Waals surface area contributed by atoms with Crippen LogP contribution in [-0.4, -0.2) is 18.2 Å². The highest BCUT2D eigenvalue weighted by Crippen LogP contribution is 2.30. The van der Waals surface area contributed by atoms with Crippen molar-refractivity contribution in [1.82, 2.24) is 0 Å². The maximum absolute atomic E-state index is 11.5. The van der Waals surface area contributed by atoms with Crippen LogP contribution in [0.4, 0.5) is 0 Å². The SMILES string of the molecule is O=C1CC(=O)CC(c2ccc(C3=CCCO3)cc2)C1. The Hall–Kier alpha value is -1.90. The smallest absolute Gasteiger partial charge is 0.140 e. The molecule has 1 saturated carbocycles. The maximum Gasteiger partial charge on any atom is 0.140 e. The molecule has 3 heteroatoms. The summed E-state index contributed by atoms with van der Waals surface area (Å²) in [5.41, 5.74) is 2.14.